The summed E-state index contributed by atoms with van der Waals surface area (Å²) < 4.78 is 0. The molecule has 0 saturated carbocycles. The minimum absolute atomic E-state index is 0.0563. The Hall–Kier alpha value is -1.04. The normalized spacial score (nSPS) is 12.5. The van der Waals surface area contributed by atoms with Gasteiger partial charge in [-0.1, -0.05) is 20.8 Å². The Labute approximate surface area is 68.3 Å². The molecule has 0 bridgehead atoms. The summed E-state index contributed by atoms with van der Waals surface area (Å²) in [7, 11) is 3.78. The molecule has 0 unspecified atom stereocenters. The van der Waals surface area contributed by atoms with Crippen LogP contribution in [-0.2, 0) is 0 Å². The average molecular weight is 153 g/mol. The summed E-state index contributed by atoms with van der Waals surface area (Å²) in [5.41, 5.74) is -0.0563. The highest BCUT2D eigenvalue weighted by Crippen LogP contribution is 2.16. The number of hydrogen-bond donors (Lipinski definition) is 0. The van der Waals surface area contributed by atoms with Crippen LogP contribution in [-0.4, -0.2) is 24.8 Å². The van der Waals surface area contributed by atoms with Gasteiger partial charge in [0.05, 0.1) is 0 Å². The minimum atomic E-state index is -0.0563. The zero-order valence-electron chi connectivity index (χ0n) is 7.84. The van der Waals surface area contributed by atoms with E-state index in [0.717, 1.165) is 5.84 Å². The van der Waals surface area contributed by atoms with Crippen LogP contribution in [0.25, 0.3) is 0 Å². The molecule has 0 N–H and O–H groups in total. The first-order chi connectivity index (χ1) is 4.89. The summed E-state index contributed by atoms with van der Waals surface area (Å²) >= 11 is 0. The van der Waals surface area contributed by atoms with E-state index in [2.05, 4.69) is 4.99 Å². The molecule has 0 aliphatic rings. The third-order valence-corrected chi connectivity index (χ3v) is 1.25. The first kappa shape index (κ1) is 9.96. The molecule has 0 spiro atoms. The molecule has 0 aromatic heterocycles. The van der Waals surface area contributed by atoms with Gasteiger partial charge in [-0.15, -0.1) is 0 Å². The molecule has 0 atom stereocenters. The lowest BCUT2D eigenvalue weighted by Crippen LogP contribution is -2.33. The second-order valence-corrected chi connectivity index (χ2v) is 3.68. The number of rotatable bonds is 0. The first-order valence-electron chi connectivity index (χ1n) is 3.54. The molecule has 0 saturated heterocycles. The largest absolute Gasteiger partial charge is 0.365 e. The van der Waals surface area contributed by atoms with Crippen LogP contribution in [0.2, 0.25) is 0 Å². The van der Waals surface area contributed by atoms with Crippen molar-refractivity contribution in [1.29, 1.82) is 5.26 Å². The van der Waals surface area contributed by atoms with Crippen LogP contribution >= 0.6 is 0 Å². The molecule has 11 heavy (non-hydrogen) atoms. The summed E-state index contributed by atoms with van der Waals surface area (Å²) in [4.78, 5) is 5.61. The summed E-state index contributed by atoms with van der Waals surface area (Å²) in [6, 6.07) is 0. The van der Waals surface area contributed by atoms with E-state index >= 15 is 0 Å². The van der Waals surface area contributed by atoms with Crippen molar-refractivity contribution >= 4 is 5.84 Å². The van der Waals surface area contributed by atoms with Crippen LogP contribution in [0.3, 0.4) is 0 Å². The Morgan fingerprint density at radius 3 is 1.91 bits per heavy atom. The van der Waals surface area contributed by atoms with Gasteiger partial charge in [-0.3, -0.25) is 0 Å². The molecular weight excluding hydrogens is 138 g/mol. The fraction of sp³-hybridized carbons (Fsp3) is 0.750. The van der Waals surface area contributed by atoms with Gasteiger partial charge >= 0.3 is 0 Å². The van der Waals surface area contributed by atoms with Gasteiger partial charge in [-0.2, -0.15) is 10.3 Å². The maximum atomic E-state index is 8.38. The fourth-order valence-electron chi connectivity index (χ4n) is 0.986. The third kappa shape index (κ3) is 3.03. The van der Waals surface area contributed by atoms with Crippen molar-refractivity contribution in [3.63, 3.8) is 0 Å². The Bertz CT molecular complexity index is 190. The smallest absolute Gasteiger partial charge is 0.207 e. The van der Waals surface area contributed by atoms with E-state index in [4.69, 9.17) is 5.26 Å². The molecule has 0 aliphatic carbocycles. The van der Waals surface area contributed by atoms with Gasteiger partial charge in [0.25, 0.3) is 0 Å². The van der Waals surface area contributed by atoms with Crippen molar-refractivity contribution < 1.29 is 0 Å². The van der Waals surface area contributed by atoms with E-state index in [1.807, 2.05) is 39.8 Å². The molecule has 0 fully saturated rings. The minimum Gasteiger partial charge on any atom is -0.365 e. The highest BCUT2D eigenvalue weighted by Gasteiger charge is 2.20. The number of hydrogen-bond acceptors (Lipinski definition) is 2. The SMILES string of the molecule is CN(C)C(=NC#N)C(C)(C)C. The molecule has 3 nitrogen and oxygen atoms in total. The summed E-state index contributed by atoms with van der Waals surface area (Å²) in [6.07, 6.45) is 1.80. The van der Waals surface area contributed by atoms with Crippen LogP contribution in [0.4, 0.5) is 0 Å². The zero-order chi connectivity index (χ0) is 9.07. The highest BCUT2D eigenvalue weighted by molar-refractivity contribution is 5.87. The van der Waals surface area contributed by atoms with Crippen molar-refractivity contribution in [2.45, 2.75) is 20.8 Å². The molecule has 0 rings (SSSR count). The lowest BCUT2D eigenvalue weighted by atomic mass is 9.94. The van der Waals surface area contributed by atoms with Crippen molar-refractivity contribution in [2.75, 3.05) is 14.1 Å². The molecule has 3 heteroatoms. The van der Waals surface area contributed by atoms with Gasteiger partial charge in [0.1, 0.15) is 5.84 Å². The number of nitriles is 1. The Kier molecular flexibility index (Phi) is 3.06. The van der Waals surface area contributed by atoms with Gasteiger partial charge in [0.15, 0.2) is 0 Å². The molecule has 0 aromatic rings. The summed E-state index contributed by atoms with van der Waals surface area (Å²) in [6.45, 7) is 6.09. The monoisotopic (exact) mass is 153 g/mol. The predicted molar refractivity (Wildman–Crippen MR) is 46.2 cm³/mol. The third-order valence-electron chi connectivity index (χ3n) is 1.25. The quantitative estimate of drug-likeness (QED) is 0.300. The number of nitrogens with zero attached hydrogens (tertiary/aromatic N) is 3. The summed E-state index contributed by atoms with van der Waals surface area (Å²) in [5, 5.41) is 8.38. The van der Waals surface area contributed by atoms with E-state index in [1.165, 1.54) is 0 Å². The van der Waals surface area contributed by atoms with E-state index < -0.39 is 0 Å². The maximum absolute atomic E-state index is 8.38. The van der Waals surface area contributed by atoms with E-state index in [-0.39, 0.29) is 5.41 Å². The topological polar surface area (TPSA) is 39.4 Å². The second kappa shape index (κ2) is 3.38. The van der Waals surface area contributed by atoms with Crippen molar-refractivity contribution in [2.24, 2.45) is 10.4 Å². The lowest BCUT2D eigenvalue weighted by molar-refractivity contribution is 0.482. The van der Waals surface area contributed by atoms with Crippen LogP contribution in [0, 0.1) is 16.9 Å². The fourth-order valence-corrected chi connectivity index (χ4v) is 0.986. The molecule has 0 heterocycles. The van der Waals surface area contributed by atoms with E-state index in [9.17, 15) is 0 Å². The lowest BCUT2D eigenvalue weighted by Gasteiger charge is -2.26. The van der Waals surface area contributed by atoms with Gasteiger partial charge < -0.3 is 4.90 Å². The summed E-state index contributed by atoms with van der Waals surface area (Å²) in [5.74, 6) is 0.806. The van der Waals surface area contributed by atoms with Crippen LogP contribution in [0.5, 0.6) is 0 Å². The molecule has 0 aliphatic heterocycles. The second-order valence-electron chi connectivity index (χ2n) is 3.68. The first-order valence-corrected chi connectivity index (χ1v) is 3.54. The molecule has 62 valence electrons. The Morgan fingerprint density at radius 2 is 1.82 bits per heavy atom. The van der Waals surface area contributed by atoms with Crippen LogP contribution < -0.4 is 0 Å². The predicted octanol–water partition coefficient (Wildman–Crippen LogP) is 1.47. The van der Waals surface area contributed by atoms with E-state index in [0.29, 0.717) is 0 Å². The van der Waals surface area contributed by atoms with Crippen molar-refractivity contribution in [1.82, 2.24) is 4.90 Å². The number of aliphatic imine (C=N–C) groups is 1. The Balaban J connectivity index is 4.67. The van der Waals surface area contributed by atoms with Gasteiger partial charge in [-0.05, 0) is 0 Å². The Morgan fingerprint density at radius 1 is 1.36 bits per heavy atom. The van der Waals surface area contributed by atoms with Gasteiger partial charge in [0, 0.05) is 19.5 Å². The van der Waals surface area contributed by atoms with Crippen LogP contribution in [0.1, 0.15) is 20.8 Å². The molecule has 0 radical (unpaired) electrons. The molecule has 0 amide bonds. The number of amidine groups is 1. The molecule has 0 aromatic carbocycles. The maximum Gasteiger partial charge on any atom is 0.207 e. The zero-order valence-corrected chi connectivity index (χ0v) is 7.84. The average Bonchev–Trinajstić information content (AvgIpc) is 1.79. The standard InChI is InChI=1S/C8H15N3/c1-8(2,3)7(10-6-9)11(4)5/h1-5H3. The highest BCUT2D eigenvalue weighted by atomic mass is 15.1. The van der Waals surface area contributed by atoms with Crippen LogP contribution in [0.15, 0.2) is 4.99 Å². The van der Waals surface area contributed by atoms with E-state index in [1.54, 1.807) is 6.19 Å². The van der Waals surface area contributed by atoms with Gasteiger partial charge in [-0.25, -0.2) is 0 Å². The molecular formula is C8H15N3. The van der Waals surface area contributed by atoms with Crippen molar-refractivity contribution in [3.05, 3.63) is 0 Å². The van der Waals surface area contributed by atoms with Gasteiger partial charge in [0.2, 0.25) is 6.19 Å². The van der Waals surface area contributed by atoms with Crippen molar-refractivity contribution in [3.8, 4) is 6.19 Å².